The summed E-state index contributed by atoms with van der Waals surface area (Å²) in [5.41, 5.74) is 4.72. The molecule has 1 atom stereocenters. The molecule has 126 valence electrons. The van der Waals surface area contributed by atoms with Crippen molar-refractivity contribution in [3.8, 4) is 12.3 Å². The van der Waals surface area contributed by atoms with Crippen LogP contribution in [0.5, 0.6) is 0 Å². The second-order valence-electron chi connectivity index (χ2n) is 7.26. The number of carbonyl (C=O) groups excluding carboxylic acids is 2. The summed E-state index contributed by atoms with van der Waals surface area (Å²) >= 11 is 0. The zero-order chi connectivity index (χ0) is 17.6. The van der Waals surface area contributed by atoms with Crippen LogP contribution in [0.1, 0.15) is 54.4 Å². The van der Waals surface area contributed by atoms with Gasteiger partial charge >= 0.3 is 0 Å². The molecule has 0 aromatic heterocycles. The number of carbonyl (C=O) groups is 2. The SMILES string of the molecule is C#CC(NC(=O)CCC(C)(C)OCC(C)(C)C(C)C)C(N)=O. The lowest BCUT2D eigenvalue weighted by Gasteiger charge is -2.34. The highest BCUT2D eigenvalue weighted by atomic mass is 16.5. The van der Waals surface area contributed by atoms with Crippen LogP contribution in [0, 0.1) is 23.7 Å². The van der Waals surface area contributed by atoms with Crippen molar-refractivity contribution in [3.05, 3.63) is 0 Å². The quantitative estimate of drug-likeness (QED) is 0.638. The third-order valence-corrected chi connectivity index (χ3v) is 4.11. The van der Waals surface area contributed by atoms with E-state index in [0.717, 1.165) is 0 Å². The van der Waals surface area contributed by atoms with Gasteiger partial charge in [-0.1, -0.05) is 33.6 Å². The first-order valence-corrected chi connectivity index (χ1v) is 7.60. The molecule has 5 heteroatoms. The standard InChI is InChI=1S/C17H30N2O3/c1-8-13(15(18)21)19-14(20)9-10-17(6,7)22-11-16(4,5)12(2)3/h1,12-13H,9-11H2,2-7H3,(H2,18,21)(H,19,20). The van der Waals surface area contributed by atoms with E-state index in [1.54, 1.807) is 0 Å². The summed E-state index contributed by atoms with van der Waals surface area (Å²) in [6.07, 6.45) is 5.89. The fraction of sp³-hybridized carbons (Fsp3) is 0.765. The minimum absolute atomic E-state index is 0.0695. The Morgan fingerprint density at radius 3 is 2.23 bits per heavy atom. The van der Waals surface area contributed by atoms with Crippen LogP contribution >= 0.6 is 0 Å². The third kappa shape index (κ3) is 7.46. The lowest BCUT2D eigenvalue weighted by molar-refractivity contribution is -0.127. The molecule has 0 aliphatic heterocycles. The van der Waals surface area contributed by atoms with E-state index in [1.807, 2.05) is 13.8 Å². The van der Waals surface area contributed by atoms with Crippen LogP contribution in [0.2, 0.25) is 0 Å². The summed E-state index contributed by atoms with van der Waals surface area (Å²) in [5, 5.41) is 2.42. The number of hydrogen-bond acceptors (Lipinski definition) is 3. The Labute approximate surface area is 134 Å². The number of rotatable bonds is 9. The highest BCUT2D eigenvalue weighted by Gasteiger charge is 2.28. The number of amides is 2. The molecule has 1 unspecified atom stereocenters. The van der Waals surface area contributed by atoms with Gasteiger partial charge in [0.2, 0.25) is 5.91 Å². The van der Waals surface area contributed by atoms with Crippen molar-refractivity contribution < 1.29 is 14.3 Å². The van der Waals surface area contributed by atoms with E-state index in [1.165, 1.54) is 0 Å². The van der Waals surface area contributed by atoms with Crippen molar-refractivity contribution in [2.24, 2.45) is 17.1 Å². The minimum Gasteiger partial charge on any atom is -0.375 e. The van der Waals surface area contributed by atoms with Crippen molar-refractivity contribution in [1.82, 2.24) is 5.32 Å². The lowest BCUT2D eigenvalue weighted by atomic mass is 9.82. The van der Waals surface area contributed by atoms with E-state index < -0.39 is 17.6 Å². The Bertz CT molecular complexity index is 434. The van der Waals surface area contributed by atoms with Gasteiger partial charge in [0.25, 0.3) is 5.91 Å². The first-order valence-electron chi connectivity index (χ1n) is 7.60. The van der Waals surface area contributed by atoms with E-state index in [4.69, 9.17) is 16.9 Å². The van der Waals surface area contributed by atoms with E-state index in [2.05, 4.69) is 38.9 Å². The van der Waals surface area contributed by atoms with Gasteiger partial charge in [0.1, 0.15) is 0 Å². The van der Waals surface area contributed by atoms with Gasteiger partial charge in [-0.3, -0.25) is 9.59 Å². The van der Waals surface area contributed by atoms with E-state index in [9.17, 15) is 9.59 Å². The summed E-state index contributed by atoms with van der Waals surface area (Å²) in [6.45, 7) is 13.2. The van der Waals surface area contributed by atoms with Crippen LogP contribution in [0.4, 0.5) is 0 Å². The molecule has 2 amide bonds. The summed E-state index contributed by atoms with van der Waals surface area (Å²) in [6, 6.07) is -1.06. The zero-order valence-electron chi connectivity index (χ0n) is 14.7. The molecule has 0 aliphatic rings. The fourth-order valence-corrected chi connectivity index (χ4v) is 1.46. The molecule has 0 spiro atoms. The van der Waals surface area contributed by atoms with Gasteiger partial charge in [-0.15, -0.1) is 6.42 Å². The van der Waals surface area contributed by atoms with Crippen molar-refractivity contribution in [2.75, 3.05) is 6.61 Å². The van der Waals surface area contributed by atoms with Crippen molar-refractivity contribution in [1.29, 1.82) is 0 Å². The second-order valence-corrected chi connectivity index (χ2v) is 7.26. The van der Waals surface area contributed by atoms with Crippen LogP contribution in [-0.2, 0) is 14.3 Å². The van der Waals surface area contributed by atoms with Gasteiger partial charge in [0.15, 0.2) is 6.04 Å². The molecule has 0 bridgehead atoms. The van der Waals surface area contributed by atoms with Crippen LogP contribution in [0.15, 0.2) is 0 Å². The largest absolute Gasteiger partial charge is 0.375 e. The molecule has 22 heavy (non-hydrogen) atoms. The van der Waals surface area contributed by atoms with Crippen LogP contribution in [-0.4, -0.2) is 30.1 Å². The van der Waals surface area contributed by atoms with E-state index >= 15 is 0 Å². The predicted molar refractivity (Wildman–Crippen MR) is 87.8 cm³/mol. The van der Waals surface area contributed by atoms with E-state index in [0.29, 0.717) is 18.9 Å². The summed E-state index contributed by atoms with van der Waals surface area (Å²) in [5.74, 6) is 1.61. The molecule has 0 saturated heterocycles. The average molecular weight is 310 g/mol. The van der Waals surface area contributed by atoms with E-state index in [-0.39, 0.29) is 17.7 Å². The first kappa shape index (κ1) is 20.5. The van der Waals surface area contributed by atoms with Crippen molar-refractivity contribution >= 4 is 11.8 Å². The number of nitrogens with two attached hydrogens (primary N) is 1. The smallest absolute Gasteiger partial charge is 0.252 e. The Hall–Kier alpha value is -1.54. The molecule has 0 saturated carbocycles. The Morgan fingerprint density at radius 1 is 1.27 bits per heavy atom. The molecule has 0 heterocycles. The molecule has 0 aliphatic carbocycles. The van der Waals surface area contributed by atoms with Crippen LogP contribution in [0.3, 0.4) is 0 Å². The fourth-order valence-electron chi connectivity index (χ4n) is 1.46. The number of ether oxygens (including phenoxy) is 1. The summed E-state index contributed by atoms with van der Waals surface area (Å²) in [4.78, 5) is 22.8. The maximum atomic E-state index is 11.8. The normalized spacial score (nSPS) is 13.5. The average Bonchev–Trinajstić information content (AvgIpc) is 2.40. The summed E-state index contributed by atoms with van der Waals surface area (Å²) in [7, 11) is 0. The van der Waals surface area contributed by atoms with Gasteiger partial charge in [0.05, 0.1) is 12.2 Å². The molecular weight excluding hydrogens is 280 g/mol. The Kier molecular flexibility index (Phi) is 7.61. The molecule has 0 radical (unpaired) electrons. The van der Waals surface area contributed by atoms with Crippen molar-refractivity contribution in [2.45, 2.75) is 66.0 Å². The van der Waals surface area contributed by atoms with Crippen LogP contribution < -0.4 is 11.1 Å². The van der Waals surface area contributed by atoms with Gasteiger partial charge in [-0.25, -0.2) is 0 Å². The number of primary amides is 1. The first-order chi connectivity index (χ1) is 9.91. The molecular formula is C17H30N2O3. The predicted octanol–water partition coefficient (Wildman–Crippen LogP) is 1.85. The van der Waals surface area contributed by atoms with Gasteiger partial charge in [-0.05, 0) is 31.6 Å². The Balaban J connectivity index is 4.36. The van der Waals surface area contributed by atoms with Gasteiger partial charge in [0, 0.05) is 6.42 Å². The zero-order valence-corrected chi connectivity index (χ0v) is 14.7. The van der Waals surface area contributed by atoms with Gasteiger partial charge < -0.3 is 15.8 Å². The molecule has 5 nitrogen and oxygen atoms in total. The van der Waals surface area contributed by atoms with Crippen molar-refractivity contribution in [3.63, 3.8) is 0 Å². The van der Waals surface area contributed by atoms with Gasteiger partial charge in [-0.2, -0.15) is 0 Å². The molecule has 0 fully saturated rings. The third-order valence-electron chi connectivity index (χ3n) is 4.11. The Morgan fingerprint density at radius 2 is 1.82 bits per heavy atom. The highest BCUT2D eigenvalue weighted by molar-refractivity contribution is 5.89. The number of hydrogen-bond donors (Lipinski definition) is 2. The maximum Gasteiger partial charge on any atom is 0.252 e. The molecule has 3 N–H and O–H groups in total. The molecule has 0 aromatic carbocycles. The molecule has 0 rings (SSSR count). The van der Waals surface area contributed by atoms with Crippen LogP contribution in [0.25, 0.3) is 0 Å². The summed E-state index contributed by atoms with van der Waals surface area (Å²) < 4.78 is 5.97. The number of terminal acetylenes is 1. The second kappa shape index (κ2) is 8.19. The highest BCUT2D eigenvalue weighted by Crippen LogP contribution is 2.29. The topological polar surface area (TPSA) is 81.4 Å². The molecule has 0 aromatic rings. The lowest BCUT2D eigenvalue weighted by Crippen LogP contribution is -2.44. The number of nitrogens with one attached hydrogen (secondary N) is 1. The minimum atomic E-state index is -1.06. The monoisotopic (exact) mass is 310 g/mol. The maximum absolute atomic E-state index is 11.8.